The normalized spacial score (nSPS) is 10.9. The van der Waals surface area contributed by atoms with Gasteiger partial charge in [-0.05, 0) is 19.1 Å². The maximum atomic E-state index is 12.2. The molecule has 0 N–H and O–H groups in total. The Morgan fingerprint density at radius 3 is 2.95 bits per heavy atom. The molecule has 2 rings (SSSR count). The number of hydrazone groups is 1. The van der Waals surface area contributed by atoms with Crippen LogP contribution in [0.3, 0.4) is 0 Å². The maximum Gasteiger partial charge on any atom is 0.430 e. The third kappa shape index (κ3) is 2.85. The molecule has 6 heteroatoms. The van der Waals surface area contributed by atoms with E-state index in [0.29, 0.717) is 11.0 Å². The summed E-state index contributed by atoms with van der Waals surface area (Å²) >= 11 is 0. The number of benzene rings is 1. The zero-order valence-corrected chi connectivity index (χ0v) is 11.2. The van der Waals surface area contributed by atoms with Gasteiger partial charge in [0.25, 0.3) is 0 Å². The molecule has 1 aromatic carbocycles. The molecule has 0 aliphatic rings. The number of hydrogen-bond donors (Lipinski definition) is 0. The fourth-order valence-corrected chi connectivity index (χ4v) is 1.59. The molecule has 0 aliphatic carbocycles. The van der Waals surface area contributed by atoms with E-state index >= 15 is 0 Å². The average Bonchev–Trinajstić information content (AvgIpc) is 2.47. The molecular formula is C14H14N2O4. The van der Waals surface area contributed by atoms with E-state index in [1.807, 2.05) is 0 Å². The molecule has 0 radical (unpaired) electrons. The van der Waals surface area contributed by atoms with Crippen molar-refractivity contribution in [2.75, 3.05) is 13.7 Å². The van der Waals surface area contributed by atoms with Crippen LogP contribution in [0.25, 0.3) is 11.0 Å². The maximum absolute atomic E-state index is 12.2. The van der Waals surface area contributed by atoms with E-state index < -0.39 is 6.09 Å². The summed E-state index contributed by atoms with van der Waals surface area (Å²) in [6, 6.07) is 6.93. The van der Waals surface area contributed by atoms with E-state index in [-0.39, 0.29) is 17.6 Å². The number of carbonyl (C=O) groups excluding carboxylic acids is 1. The number of rotatable bonds is 3. The van der Waals surface area contributed by atoms with Crippen LogP contribution in [0.5, 0.6) is 0 Å². The van der Waals surface area contributed by atoms with Gasteiger partial charge < -0.3 is 9.15 Å². The van der Waals surface area contributed by atoms with E-state index in [1.54, 1.807) is 31.2 Å². The van der Waals surface area contributed by atoms with Gasteiger partial charge in [-0.25, -0.2) is 9.80 Å². The van der Waals surface area contributed by atoms with Gasteiger partial charge in [-0.3, -0.25) is 4.79 Å². The van der Waals surface area contributed by atoms with Crippen molar-refractivity contribution in [2.24, 2.45) is 5.10 Å². The van der Waals surface area contributed by atoms with Gasteiger partial charge in [0, 0.05) is 7.05 Å². The summed E-state index contributed by atoms with van der Waals surface area (Å²) in [5.74, 6) is 0. The average molecular weight is 274 g/mol. The van der Waals surface area contributed by atoms with Gasteiger partial charge in [-0.15, -0.1) is 0 Å². The van der Waals surface area contributed by atoms with Gasteiger partial charge in [-0.2, -0.15) is 5.10 Å². The summed E-state index contributed by atoms with van der Waals surface area (Å²) in [5, 5.41) is 5.33. The fraction of sp³-hybridized carbons (Fsp3) is 0.214. The van der Waals surface area contributed by atoms with Crippen LogP contribution in [0.2, 0.25) is 0 Å². The number of carbonyl (C=O) groups is 1. The molecule has 0 saturated carbocycles. The molecule has 0 bridgehead atoms. The monoisotopic (exact) mass is 274 g/mol. The van der Waals surface area contributed by atoms with Gasteiger partial charge in [0.2, 0.25) is 5.43 Å². The summed E-state index contributed by atoms with van der Waals surface area (Å²) in [7, 11) is 1.44. The van der Waals surface area contributed by atoms with Crippen molar-refractivity contribution in [3.63, 3.8) is 0 Å². The first-order chi connectivity index (χ1) is 9.63. The number of ether oxygens (including phenoxy) is 1. The summed E-state index contributed by atoms with van der Waals surface area (Å²) in [5.41, 5.74) is 0.570. The highest BCUT2D eigenvalue weighted by Gasteiger charge is 2.08. The Morgan fingerprint density at radius 1 is 1.45 bits per heavy atom. The Balaban J connectivity index is 2.28. The molecule has 1 amide bonds. The van der Waals surface area contributed by atoms with Crippen LogP contribution in [-0.4, -0.2) is 31.0 Å². The summed E-state index contributed by atoms with van der Waals surface area (Å²) < 4.78 is 10.1. The number of amides is 1. The topological polar surface area (TPSA) is 72.1 Å². The quantitative estimate of drug-likeness (QED) is 0.635. The molecule has 0 fully saturated rings. The third-order valence-corrected chi connectivity index (χ3v) is 2.61. The van der Waals surface area contributed by atoms with Crippen molar-refractivity contribution in [3.05, 3.63) is 46.3 Å². The van der Waals surface area contributed by atoms with Crippen molar-refractivity contribution in [3.8, 4) is 0 Å². The summed E-state index contributed by atoms with van der Waals surface area (Å²) in [6.45, 7) is 1.96. The van der Waals surface area contributed by atoms with Gasteiger partial charge in [0.05, 0.1) is 23.8 Å². The highest BCUT2D eigenvalue weighted by Crippen LogP contribution is 2.09. The van der Waals surface area contributed by atoms with Crippen LogP contribution >= 0.6 is 0 Å². The largest absolute Gasteiger partial charge is 0.463 e. The van der Waals surface area contributed by atoms with E-state index in [2.05, 4.69) is 5.10 Å². The zero-order valence-electron chi connectivity index (χ0n) is 11.2. The lowest BCUT2D eigenvalue weighted by Gasteiger charge is -2.09. The second-order valence-electron chi connectivity index (χ2n) is 3.98. The molecule has 20 heavy (non-hydrogen) atoms. The predicted molar refractivity (Wildman–Crippen MR) is 74.9 cm³/mol. The van der Waals surface area contributed by atoms with Crippen molar-refractivity contribution >= 4 is 23.3 Å². The Kier molecular flexibility index (Phi) is 4.14. The minimum Gasteiger partial charge on any atom is -0.463 e. The van der Waals surface area contributed by atoms with E-state index in [0.717, 1.165) is 5.01 Å². The highest BCUT2D eigenvalue weighted by molar-refractivity contribution is 5.86. The molecule has 0 spiro atoms. The SMILES string of the molecule is CCOC(=O)N(C)N=Cc1coc2ccccc2c1=O. The summed E-state index contributed by atoms with van der Waals surface area (Å²) in [6.07, 6.45) is 2.00. The Morgan fingerprint density at radius 2 is 2.20 bits per heavy atom. The minimum atomic E-state index is -0.589. The molecule has 0 saturated heterocycles. The number of hydrogen-bond acceptors (Lipinski definition) is 5. The van der Waals surface area contributed by atoms with Crippen LogP contribution in [0.15, 0.2) is 44.8 Å². The van der Waals surface area contributed by atoms with E-state index in [1.165, 1.54) is 19.5 Å². The predicted octanol–water partition coefficient (Wildman–Crippen LogP) is 2.22. The molecule has 104 valence electrons. The second-order valence-corrected chi connectivity index (χ2v) is 3.98. The van der Waals surface area contributed by atoms with Gasteiger partial charge in [0.15, 0.2) is 0 Å². The first kappa shape index (κ1) is 13.8. The molecule has 6 nitrogen and oxygen atoms in total. The van der Waals surface area contributed by atoms with Crippen LogP contribution < -0.4 is 5.43 Å². The van der Waals surface area contributed by atoms with Crippen molar-refractivity contribution in [2.45, 2.75) is 6.92 Å². The Bertz CT molecular complexity index is 706. The van der Waals surface area contributed by atoms with Crippen molar-refractivity contribution in [1.29, 1.82) is 0 Å². The Labute approximate surface area is 115 Å². The standard InChI is InChI=1S/C14H14N2O4/c1-3-19-14(18)16(2)15-8-10-9-20-12-7-5-4-6-11(12)13(10)17/h4-9H,3H2,1-2H3. The molecule has 0 atom stereocenters. The second kappa shape index (κ2) is 6.01. The van der Waals surface area contributed by atoms with Gasteiger partial charge >= 0.3 is 6.09 Å². The van der Waals surface area contributed by atoms with Crippen molar-refractivity contribution < 1.29 is 13.9 Å². The van der Waals surface area contributed by atoms with Crippen molar-refractivity contribution in [1.82, 2.24) is 5.01 Å². The lowest BCUT2D eigenvalue weighted by atomic mass is 10.2. The molecule has 2 aromatic rings. The number of para-hydroxylation sites is 1. The van der Waals surface area contributed by atoms with E-state index in [9.17, 15) is 9.59 Å². The van der Waals surface area contributed by atoms with Gasteiger partial charge in [0.1, 0.15) is 11.8 Å². The fourth-order valence-electron chi connectivity index (χ4n) is 1.59. The molecule has 1 aromatic heterocycles. The minimum absolute atomic E-state index is 0.201. The lowest BCUT2D eigenvalue weighted by molar-refractivity contribution is 0.117. The summed E-state index contributed by atoms with van der Waals surface area (Å²) in [4.78, 5) is 23.5. The lowest BCUT2D eigenvalue weighted by Crippen LogP contribution is -2.22. The van der Waals surface area contributed by atoms with Gasteiger partial charge in [-0.1, -0.05) is 12.1 Å². The number of fused-ring (bicyclic) bond motifs is 1. The zero-order chi connectivity index (χ0) is 14.5. The number of nitrogens with zero attached hydrogens (tertiary/aromatic N) is 2. The highest BCUT2D eigenvalue weighted by atomic mass is 16.6. The smallest absolute Gasteiger partial charge is 0.430 e. The van der Waals surface area contributed by atoms with Crippen LogP contribution in [0.4, 0.5) is 4.79 Å². The van der Waals surface area contributed by atoms with E-state index in [4.69, 9.17) is 9.15 Å². The first-order valence-corrected chi connectivity index (χ1v) is 6.08. The van der Waals surface area contributed by atoms with Crippen LogP contribution in [0, 0.1) is 0 Å². The molecule has 0 aliphatic heterocycles. The molecular weight excluding hydrogens is 260 g/mol. The Hall–Kier alpha value is -2.63. The third-order valence-electron chi connectivity index (χ3n) is 2.61. The first-order valence-electron chi connectivity index (χ1n) is 6.08. The molecule has 1 heterocycles. The molecule has 0 unspecified atom stereocenters. The van der Waals surface area contributed by atoms with Crippen LogP contribution in [-0.2, 0) is 4.74 Å². The van der Waals surface area contributed by atoms with Crippen LogP contribution in [0.1, 0.15) is 12.5 Å².